The molecule has 1 heteroatoms. The molecule has 0 amide bonds. The molecule has 0 fully saturated rings. The Morgan fingerprint density at radius 2 is 1.85 bits per heavy atom. The second-order valence-corrected chi connectivity index (χ2v) is 6.44. The molecule has 0 aliphatic heterocycles. The number of rotatable bonds is 4. The molecule has 1 aromatic heterocycles. The van der Waals surface area contributed by atoms with E-state index in [0.29, 0.717) is 0 Å². The summed E-state index contributed by atoms with van der Waals surface area (Å²) >= 11 is 0. The lowest BCUT2D eigenvalue weighted by molar-refractivity contribution is 0.589. The number of unbranched alkanes of at least 4 members (excludes halogenated alkanes) is 1. The van der Waals surface area contributed by atoms with Crippen LogP contribution >= 0.6 is 0 Å². The summed E-state index contributed by atoms with van der Waals surface area (Å²) in [7, 11) is 0. The molecule has 1 aromatic carbocycles. The molecule has 0 saturated heterocycles. The smallest absolute Gasteiger partial charge is 0.0704 e. The van der Waals surface area contributed by atoms with Gasteiger partial charge in [0.05, 0.1) is 5.69 Å². The highest BCUT2D eigenvalue weighted by atomic mass is 14.7. The van der Waals surface area contributed by atoms with Crippen molar-refractivity contribution in [3.63, 3.8) is 0 Å². The van der Waals surface area contributed by atoms with Gasteiger partial charge in [0, 0.05) is 11.8 Å². The maximum absolute atomic E-state index is 4.51. The number of hydrogen-bond donors (Lipinski definition) is 0. The Morgan fingerprint density at radius 1 is 1.05 bits per heavy atom. The fraction of sp³-hybridized carbons (Fsp3) is 0.421. The molecule has 0 unspecified atom stereocenters. The molecule has 0 saturated carbocycles. The largest absolute Gasteiger partial charge is 0.256 e. The maximum atomic E-state index is 4.51. The molecule has 0 spiro atoms. The van der Waals surface area contributed by atoms with E-state index >= 15 is 0 Å². The van der Waals surface area contributed by atoms with Crippen LogP contribution < -0.4 is 0 Å². The summed E-state index contributed by atoms with van der Waals surface area (Å²) in [5, 5.41) is 0. The molecule has 2 rings (SSSR count). The van der Waals surface area contributed by atoms with Crippen molar-refractivity contribution in [2.24, 2.45) is 0 Å². The fourth-order valence-electron chi connectivity index (χ4n) is 2.41. The molecule has 20 heavy (non-hydrogen) atoms. The Hall–Kier alpha value is -1.63. The normalized spacial score (nSPS) is 11.6. The first-order chi connectivity index (χ1) is 9.52. The second-order valence-electron chi connectivity index (χ2n) is 6.44. The van der Waals surface area contributed by atoms with E-state index in [2.05, 4.69) is 63.0 Å². The topological polar surface area (TPSA) is 12.9 Å². The van der Waals surface area contributed by atoms with Gasteiger partial charge < -0.3 is 0 Å². The van der Waals surface area contributed by atoms with Gasteiger partial charge in [0.15, 0.2) is 0 Å². The van der Waals surface area contributed by atoms with Crippen LogP contribution in [-0.4, -0.2) is 4.98 Å². The predicted molar refractivity (Wildman–Crippen MR) is 87.0 cm³/mol. The number of pyridine rings is 1. The van der Waals surface area contributed by atoms with Gasteiger partial charge in [0.1, 0.15) is 0 Å². The van der Waals surface area contributed by atoms with E-state index in [1.54, 1.807) is 0 Å². The Balaban J connectivity index is 2.46. The van der Waals surface area contributed by atoms with Crippen LogP contribution in [0.25, 0.3) is 11.3 Å². The SMILES string of the molecule is CCCCc1cc(C(C)(C)C)ccc1-c1ccccn1. The molecule has 0 aliphatic carbocycles. The van der Waals surface area contributed by atoms with Crippen LogP contribution in [0.15, 0.2) is 42.6 Å². The molecule has 0 N–H and O–H groups in total. The third-order valence-electron chi connectivity index (χ3n) is 3.71. The van der Waals surface area contributed by atoms with Crippen molar-refractivity contribution < 1.29 is 0 Å². The molecule has 1 heterocycles. The average Bonchev–Trinajstić information content (AvgIpc) is 2.45. The summed E-state index contributed by atoms with van der Waals surface area (Å²) < 4.78 is 0. The Morgan fingerprint density at radius 3 is 2.45 bits per heavy atom. The summed E-state index contributed by atoms with van der Waals surface area (Å²) in [5.41, 5.74) is 5.40. The zero-order valence-corrected chi connectivity index (χ0v) is 13.1. The van der Waals surface area contributed by atoms with Crippen LogP contribution in [0.3, 0.4) is 0 Å². The molecule has 0 atom stereocenters. The first-order valence-electron chi connectivity index (χ1n) is 7.57. The summed E-state index contributed by atoms with van der Waals surface area (Å²) in [6.45, 7) is 9.05. The van der Waals surface area contributed by atoms with Gasteiger partial charge in [-0.25, -0.2) is 0 Å². The van der Waals surface area contributed by atoms with Gasteiger partial charge in [0.2, 0.25) is 0 Å². The molecule has 1 nitrogen and oxygen atoms in total. The van der Waals surface area contributed by atoms with Crippen molar-refractivity contribution in [2.45, 2.75) is 52.4 Å². The molecule has 2 aromatic rings. The number of benzene rings is 1. The van der Waals surface area contributed by atoms with E-state index in [1.165, 1.54) is 29.5 Å². The first-order valence-corrected chi connectivity index (χ1v) is 7.57. The van der Waals surface area contributed by atoms with Crippen molar-refractivity contribution in [1.29, 1.82) is 0 Å². The van der Waals surface area contributed by atoms with Crippen LogP contribution in [0.2, 0.25) is 0 Å². The minimum Gasteiger partial charge on any atom is -0.256 e. The lowest BCUT2D eigenvalue weighted by Crippen LogP contribution is -2.11. The highest BCUT2D eigenvalue weighted by Gasteiger charge is 2.16. The van der Waals surface area contributed by atoms with Crippen LogP contribution in [0.4, 0.5) is 0 Å². The van der Waals surface area contributed by atoms with Crippen LogP contribution in [0.1, 0.15) is 51.7 Å². The molecular weight excluding hydrogens is 242 g/mol. The van der Waals surface area contributed by atoms with E-state index in [9.17, 15) is 0 Å². The number of hydrogen-bond acceptors (Lipinski definition) is 1. The number of nitrogens with zero attached hydrogens (tertiary/aromatic N) is 1. The minimum absolute atomic E-state index is 0.198. The van der Waals surface area contributed by atoms with Crippen molar-refractivity contribution >= 4 is 0 Å². The van der Waals surface area contributed by atoms with Gasteiger partial charge in [0.25, 0.3) is 0 Å². The lowest BCUT2D eigenvalue weighted by Gasteiger charge is -2.21. The third-order valence-corrected chi connectivity index (χ3v) is 3.71. The van der Waals surface area contributed by atoms with E-state index < -0.39 is 0 Å². The van der Waals surface area contributed by atoms with Crippen molar-refractivity contribution in [1.82, 2.24) is 4.98 Å². The molecular formula is C19H25N. The average molecular weight is 267 g/mol. The summed E-state index contributed by atoms with van der Waals surface area (Å²) in [4.78, 5) is 4.51. The van der Waals surface area contributed by atoms with Gasteiger partial charge in [-0.2, -0.15) is 0 Å². The number of aryl methyl sites for hydroxylation is 1. The standard InChI is InChI=1S/C19H25N/c1-5-6-9-15-14-16(19(2,3)4)11-12-17(15)18-10-7-8-13-20-18/h7-8,10-14H,5-6,9H2,1-4H3. The van der Waals surface area contributed by atoms with Crippen LogP contribution in [0, 0.1) is 0 Å². The van der Waals surface area contributed by atoms with Gasteiger partial charge in [-0.1, -0.05) is 58.4 Å². The Labute approximate surface area is 123 Å². The summed E-state index contributed by atoms with van der Waals surface area (Å²) in [5.74, 6) is 0. The van der Waals surface area contributed by atoms with Gasteiger partial charge in [-0.3, -0.25) is 4.98 Å². The molecule has 0 radical (unpaired) electrons. The molecule has 0 bridgehead atoms. The quantitative estimate of drug-likeness (QED) is 0.724. The van der Waals surface area contributed by atoms with Gasteiger partial charge in [-0.15, -0.1) is 0 Å². The summed E-state index contributed by atoms with van der Waals surface area (Å²) in [6, 6.07) is 13.0. The van der Waals surface area contributed by atoms with Crippen molar-refractivity contribution in [2.75, 3.05) is 0 Å². The van der Waals surface area contributed by atoms with E-state index in [0.717, 1.165) is 12.1 Å². The highest BCUT2D eigenvalue weighted by Crippen LogP contribution is 2.29. The highest BCUT2D eigenvalue weighted by molar-refractivity contribution is 5.64. The zero-order chi connectivity index (χ0) is 14.6. The molecule has 0 aliphatic rings. The van der Waals surface area contributed by atoms with Gasteiger partial charge in [-0.05, 0) is 41.5 Å². The van der Waals surface area contributed by atoms with Crippen LogP contribution in [0.5, 0.6) is 0 Å². The van der Waals surface area contributed by atoms with E-state index in [1.807, 2.05) is 12.3 Å². The maximum Gasteiger partial charge on any atom is 0.0704 e. The van der Waals surface area contributed by atoms with Crippen molar-refractivity contribution in [3.8, 4) is 11.3 Å². The number of aromatic nitrogens is 1. The first kappa shape index (κ1) is 14.8. The summed E-state index contributed by atoms with van der Waals surface area (Å²) in [6.07, 6.45) is 5.46. The van der Waals surface area contributed by atoms with Crippen LogP contribution in [-0.2, 0) is 11.8 Å². The lowest BCUT2D eigenvalue weighted by atomic mass is 9.84. The zero-order valence-electron chi connectivity index (χ0n) is 13.1. The third kappa shape index (κ3) is 3.47. The second kappa shape index (κ2) is 6.21. The molecule has 106 valence electrons. The minimum atomic E-state index is 0.198. The Bertz CT molecular complexity index is 550. The van der Waals surface area contributed by atoms with Crippen molar-refractivity contribution in [3.05, 3.63) is 53.7 Å². The Kier molecular flexibility index (Phi) is 4.59. The fourth-order valence-corrected chi connectivity index (χ4v) is 2.41. The van der Waals surface area contributed by atoms with Gasteiger partial charge >= 0.3 is 0 Å². The van der Waals surface area contributed by atoms with E-state index in [-0.39, 0.29) is 5.41 Å². The van der Waals surface area contributed by atoms with E-state index in [4.69, 9.17) is 0 Å². The predicted octanol–water partition coefficient (Wildman–Crippen LogP) is 5.39. The monoisotopic (exact) mass is 267 g/mol.